The fourth-order valence-corrected chi connectivity index (χ4v) is 6.54. The molecule has 0 aliphatic carbocycles. The van der Waals surface area contributed by atoms with Crippen molar-refractivity contribution < 1.29 is 24.2 Å². The van der Waals surface area contributed by atoms with Crippen LogP contribution in [0.1, 0.15) is 54.0 Å². The van der Waals surface area contributed by atoms with Crippen molar-refractivity contribution in [1.82, 2.24) is 20.5 Å². The number of thiazole rings is 1. The molecule has 2 amide bonds. The quantitative estimate of drug-likeness (QED) is 0.390. The first kappa shape index (κ1) is 27.2. The van der Waals surface area contributed by atoms with Crippen LogP contribution < -0.4 is 10.6 Å². The Hall–Kier alpha value is -3.34. The number of nitrogens with one attached hydrogen (secondary N) is 2. The second-order valence-electron chi connectivity index (χ2n) is 10.2. The smallest absolute Gasteiger partial charge is 0.336 e. The summed E-state index contributed by atoms with van der Waals surface area (Å²) in [6.45, 7) is 3.56. The number of amides is 2. The number of benzene rings is 2. The molecule has 3 aromatic rings. The Bertz CT molecular complexity index is 1370. The van der Waals surface area contributed by atoms with E-state index >= 15 is 0 Å². The van der Waals surface area contributed by atoms with E-state index in [1.807, 2.05) is 40.6 Å². The van der Waals surface area contributed by atoms with Crippen molar-refractivity contribution in [2.24, 2.45) is 5.92 Å². The first-order valence-electron chi connectivity index (χ1n) is 13.5. The third-order valence-electron chi connectivity index (χ3n) is 7.90. The first-order chi connectivity index (χ1) is 18.9. The fraction of sp³-hybridized carbons (Fsp3) is 0.448. The minimum Gasteiger partial charge on any atom is -0.478 e. The van der Waals surface area contributed by atoms with Gasteiger partial charge in [0.2, 0.25) is 11.8 Å². The van der Waals surface area contributed by atoms with Gasteiger partial charge in [-0.1, -0.05) is 30.3 Å². The topological polar surface area (TPSA) is 121 Å². The maximum Gasteiger partial charge on any atom is 0.336 e. The van der Waals surface area contributed by atoms with Gasteiger partial charge >= 0.3 is 5.97 Å². The number of aromatic carboxylic acids is 1. The van der Waals surface area contributed by atoms with Crippen LogP contribution in [0, 0.1) is 5.92 Å². The summed E-state index contributed by atoms with van der Waals surface area (Å²) in [5.41, 5.74) is 1.88. The lowest BCUT2D eigenvalue weighted by Gasteiger charge is -2.35. The lowest BCUT2D eigenvalue weighted by Crippen LogP contribution is -2.56. The van der Waals surface area contributed by atoms with Gasteiger partial charge in [-0.15, -0.1) is 11.3 Å². The zero-order chi connectivity index (χ0) is 27.5. The Morgan fingerprint density at radius 3 is 2.56 bits per heavy atom. The van der Waals surface area contributed by atoms with E-state index in [0.717, 1.165) is 47.3 Å². The zero-order valence-corrected chi connectivity index (χ0v) is 23.0. The number of fused-ring (bicyclic) bond motifs is 1. The lowest BCUT2D eigenvalue weighted by atomic mass is 9.90. The third kappa shape index (κ3) is 5.54. The molecule has 0 bridgehead atoms. The Balaban J connectivity index is 1.42. The van der Waals surface area contributed by atoms with Gasteiger partial charge in [-0.2, -0.15) is 0 Å². The molecule has 10 heteroatoms. The molecule has 0 spiro atoms. The summed E-state index contributed by atoms with van der Waals surface area (Å²) in [4.78, 5) is 45.4. The minimum atomic E-state index is -0.966. The Kier molecular flexibility index (Phi) is 8.25. The van der Waals surface area contributed by atoms with Crippen molar-refractivity contribution >= 4 is 39.9 Å². The van der Waals surface area contributed by atoms with E-state index in [-0.39, 0.29) is 29.3 Å². The Morgan fingerprint density at radius 1 is 1.10 bits per heavy atom. The predicted molar refractivity (Wildman–Crippen MR) is 150 cm³/mol. The van der Waals surface area contributed by atoms with Gasteiger partial charge in [-0.05, 0) is 62.4 Å². The molecule has 3 atom stereocenters. The summed E-state index contributed by atoms with van der Waals surface area (Å²) in [5, 5.41) is 19.9. The number of ether oxygens (including phenoxy) is 1. The summed E-state index contributed by atoms with van der Waals surface area (Å²) in [6, 6.07) is 9.70. The highest BCUT2D eigenvalue weighted by molar-refractivity contribution is 7.10. The number of likely N-dealkylation sites (tertiary alicyclic amines) is 1. The molecule has 3 N–H and O–H groups in total. The van der Waals surface area contributed by atoms with E-state index in [1.54, 1.807) is 20.0 Å². The molecule has 0 saturated carbocycles. The predicted octanol–water partition coefficient (Wildman–Crippen LogP) is 3.84. The Morgan fingerprint density at radius 2 is 1.85 bits per heavy atom. The molecule has 39 heavy (non-hydrogen) atoms. The highest BCUT2D eigenvalue weighted by atomic mass is 32.1. The van der Waals surface area contributed by atoms with Crippen LogP contribution in [0.4, 0.5) is 0 Å². The minimum absolute atomic E-state index is 0.0199. The van der Waals surface area contributed by atoms with Crippen LogP contribution in [0.15, 0.2) is 41.8 Å². The van der Waals surface area contributed by atoms with Crippen molar-refractivity contribution in [2.75, 3.05) is 26.8 Å². The molecule has 1 aromatic heterocycles. The monoisotopic (exact) mass is 550 g/mol. The molecule has 0 radical (unpaired) electrons. The van der Waals surface area contributed by atoms with Crippen LogP contribution in [0.5, 0.6) is 0 Å². The number of hydrogen-bond acceptors (Lipinski definition) is 7. The molecule has 5 rings (SSSR count). The van der Waals surface area contributed by atoms with E-state index in [4.69, 9.17) is 9.72 Å². The maximum absolute atomic E-state index is 14.0. The van der Waals surface area contributed by atoms with Gasteiger partial charge in [0, 0.05) is 30.7 Å². The normalized spacial score (nSPS) is 19.6. The summed E-state index contributed by atoms with van der Waals surface area (Å²) in [6.07, 6.45) is 3.12. The van der Waals surface area contributed by atoms with Gasteiger partial charge in [0.15, 0.2) is 0 Å². The number of carbonyl (C=O) groups excluding carboxylic acids is 2. The summed E-state index contributed by atoms with van der Waals surface area (Å²) < 4.78 is 5.52. The number of hydrogen-bond donors (Lipinski definition) is 3. The molecule has 206 valence electrons. The summed E-state index contributed by atoms with van der Waals surface area (Å²) >= 11 is 1.51. The van der Waals surface area contributed by atoms with E-state index in [2.05, 4.69) is 10.6 Å². The molecule has 2 saturated heterocycles. The van der Waals surface area contributed by atoms with Crippen LogP contribution in [0.3, 0.4) is 0 Å². The summed E-state index contributed by atoms with van der Waals surface area (Å²) in [5.74, 6) is -1.20. The molecule has 2 aliphatic heterocycles. The van der Waals surface area contributed by atoms with Crippen LogP contribution >= 0.6 is 11.3 Å². The zero-order valence-electron chi connectivity index (χ0n) is 22.2. The number of carboxylic acids is 1. The fourth-order valence-electron chi connectivity index (χ4n) is 5.58. The first-order valence-corrected chi connectivity index (χ1v) is 14.3. The number of carbonyl (C=O) groups is 3. The highest BCUT2D eigenvalue weighted by Crippen LogP contribution is 2.38. The van der Waals surface area contributed by atoms with Gasteiger partial charge in [-0.3, -0.25) is 9.59 Å². The second-order valence-corrected chi connectivity index (χ2v) is 11.1. The average molecular weight is 551 g/mol. The number of aromatic nitrogens is 1. The van der Waals surface area contributed by atoms with Gasteiger partial charge in [-0.25, -0.2) is 9.78 Å². The second kappa shape index (κ2) is 11.8. The van der Waals surface area contributed by atoms with Crippen molar-refractivity contribution in [3.05, 3.63) is 52.3 Å². The number of carboxylic acid groups (broad SMARTS) is 1. The maximum atomic E-state index is 14.0. The van der Waals surface area contributed by atoms with Crippen molar-refractivity contribution in [3.63, 3.8) is 0 Å². The third-order valence-corrected chi connectivity index (χ3v) is 8.85. The lowest BCUT2D eigenvalue weighted by molar-refractivity contribution is -0.140. The van der Waals surface area contributed by atoms with E-state index in [0.29, 0.717) is 25.1 Å². The van der Waals surface area contributed by atoms with Gasteiger partial charge in [0.1, 0.15) is 11.0 Å². The largest absolute Gasteiger partial charge is 0.478 e. The highest BCUT2D eigenvalue weighted by Gasteiger charge is 2.40. The van der Waals surface area contributed by atoms with Crippen LogP contribution in [0.2, 0.25) is 0 Å². The molecule has 9 nitrogen and oxygen atoms in total. The van der Waals surface area contributed by atoms with E-state index in [9.17, 15) is 19.5 Å². The van der Waals surface area contributed by atoms with Crippen LogP contribution in [-0.4, -0.2) is 71.7 Å². The summed E-state index contributed by atoms with van der Waals surface area (Å²) in [7, 11) is 1.73. The van der Waals surface area contributed by atoms with Gasteiger partial charge < -0.3 is 25.4 Å². The number of likely N-dealkylation sites (N-methyl/N-ethyl adjacent to an activating group) is 1. The van der Waals surface area contributed by atoms with E-state index in [1.165, 1.54) is 11.3 Å². The SMILES string of the molecule is CN[C@@H](C)C(=O)N[C@H](C(=O)N1CCCC1c1nc(-c2ccc(C(=O)O)c3ccccc23)cs1)C1CCOCC1. The Labute approximate surface area is 231 Å². The van der Waals surface area contributed by atoms with Crippen molar-refractivity contribution in [3.8, 4) is 11.3 Å². The molecule has 2 aliphatic rings. The van der Waals surface area contributed by atoms with Gasteiger partial charge in [0.05, 0.1) is 23.3 Å². The van der Waals surface area contributed by atoms with Gasteiger partial charge in [0.25, 0.3) is 0 Å². The van der Waals surface area contributed by atoms with Crippen molar-refractivity contribution in [2.45, 2.75) is 50.7 Å². The molecule has 2 fully saturated rings. The van der Waals surface area contributed by atoms with Crippen LogP contribution in [-0.2, 0) is 14.3 Å². The molecule has 3 heterocycles. The van der Waals surface area contributed by atoms with E-state index < -0.39 is 18.1 Å². The molecule has 2 aromatic carbocycles. The number of nitrogens with zero attached hydrogens (tertiary/aromatic N) is 2. The molecule has 1 unspecified atom stereocenters. The van der Waals surface area contributed by atoms with Crippen LogP contribution in [0.25, 0.3) is 22.0 Å². The standard InChI is InChI=1S/C29H34N4O5S/c1-17(30-2)26(34)32-25(18-11-14-38-15-12-18)28(35)33-13-5-8-24(33)27-31-23(16-39-27)21-9-10-22(29(36)37)20-7-4-3-6-19(20)21/h3-4,6-7,9-10,16-18,24-25,30H,5,8,11-15H2,1-2H3,(H,32,34)(H,36,37)/t17-,24?,25-/m0/s1. The number of rotatable bonds is 8. The van der Waals surface area contributed by atoms with Crippen molar-refractivity contribution in [1.29, 1.82) is 0 Å². The average Bonchev–Trinajstić information content (AvgIpc) is 3.65. The molecular weight excluding hydrogens is 516 g/mol. The molecular formula is C29H34N4O5S.